The van der Waals surface area contributed by atoms with Gasteiger partial charge in [0.15, 0.2) is 0 Å². The molecule has 0 unspecified atom stereocenters. The maximum Gasteiger partial charge on any atom is 0.305 e. The zero-order chi connectivity index (χ0) is 13.6. The molecule has 0 saturated carbocycles. The number of carboxylic acid groups (broad SMARTS) is 1. The number of hydrogen-bond donors (Lipinski definition) is 1. The van der Waals surface area contributed by atoms with Gasteiger partial charge in [0.05, 0.1) is 46.1 Å². The molecule has 0 amide bonds. The van der Waals surface area contributed by atoms with Gasteiger partial charge in [0.25, 0.3) is 0 Å². The largest absolute Gasteiger partial charge is 0.481 e. The predicted octanol–water partition coefficient (Wildman–Crippen LogP) is 0.0740. The average molecular weight is 264 g/mol. The Labute approximate surface area is 106 Å². The number of carboxylic acids is 1. The Balaban J connectivity index is 2.99. The van der Waals surface area contributed by atoms with Crippen molar-refractivity contribution in [3.8, 4) is 0 Å². The van der Waals surface area contributed by atoms with E-state index in [1.54, 1.807) is 0 Å². The molecule has 0 saturated heterocycles. The number of hydrogen-bond acceptors (Lipinski definition) is 6. The lowest BCUT2D eigenvalue weighted by Crippen LogP contribution is -2.13. The molecule has 0 radical (unpaired) electrons. The first-order valence-corrected chi connectivity index (χ1v) is 5.71. The second-order valence-electron chi connectivity index (χ2n) is 3.32. The van der Waals surface area contributed by atoms with E-state index in [0.717, 1.165) is 0 Å². The average Bonchev–Trinajstić information content (AvgIpc) is 2.29. The van der Waals surface area contributed by atoms with Crippen molar-refractivity contribution in [1.29, 1.82) is 0 Å². The molecule has 0 aromatic carbocycles. The molecule has 0 fully saturated rings. The summed E-state index contributed by atoms with van der Waals surface area (Å²) in [5.41, 5.74) is 0. The van der Waals surface area contributed by atoms with E-state index in [4.69, 9.17) is 19.3 Å². The second kappa shape index (κ2) is 12.3. The van der Waals surface area contributed by atoms with Crippen LogP contribution in [0.25, 0.3) is 0 Å². The van der Waals surface area contributed by atoms with Gasteiger partial charge in [-0.15, -0.1) is 0 Å². The number of rotatable bonds is 12. The van der Waals surface area contributed by atoms with Crippen molar-refractivity contribution in [2.24, 2.45) is 0 Å². The van der Waals surface area contributed by atoms with E-state index in [9.17, 15) is 9.59 Å². The van der Waals surface area contributed by atoms with Crippen molar-refractivity contribution in [3.05, 3.63) is 0 Å². The van der Waals surface area contributed by atoms with Gasteiger partial charge in [-0.25, -0.2) is 0 Å². The summed E-state index contributed by atoms with van der Waals surface area (Å²) < 4.78 is 20.0. The van der Waals surface area contributed by atoms with E-state index in [2.05, 4.69) is 4.74 Å². The van der Waals surface area contributed by atoms with Crippen LogP contribution in [0.5, 0.6) is 0 Å². The van der Waals surface area contributed by atoms with Crippen LogP contribution in [0.15, 0.2) is 0 Å². The van der Waals surface area contributed by atoms with Crippen molar-refractivity contribution >= 4 is 11.9 Å². The summed E-state index contributed by atoms with van der Waals surface area (Å²) in [5.74, 6) is -1.20. The zero-order valence-electron chi connectivity index (χ0n) is 10.6. The SMILES string of the molecule is CC(=O)OCCOCCOCCOCCC(=O)O. The van der Waals surface area contributed by atoms with Crippen molar-refractivity contribution in [3.63, 3.8) is 0 Å². The fraction of sp³-hybridized carbons (Fsp3) is 0.818. The fourth-order valence-electron chi connectivity index (χ4n) is 0.946. The molecule has 106 valence electrons. The quantitative estimate of drug-likeness (QED) is 0.394. The van der Waals surface area contributed by atoms with E-state index in [0.29, 0.717) is 33.0 Å². The summed E-state index contributed by atoms with van der Waals surface area (Å²) in [6.45, 7) is 3.71. The highest BCUT2D eigenvalue weighted by Gasteiger charge is 1.96. The topological polar surface area (TPSA) is 91.3 Å². The van der Waals surface area contributed by atoms with Gasteiger partial charge in [-0.05, 0) is 0 Å². The molecule has 0 aromatic heterocycles. The molecule has 0 aliphatic carbocycles. The van der Waals surface area contributed by atoms with Crippen LogP contribution in [0, 0.1) is 0 Å². The highest BCUT2D eigenvalue weighted by atomic mass is 16.6. The van der Waals surface area contributed by atoms with Gasteiger partial charge < -0.3 is 24.1 Å². The smallest absolute Gasteiger partial charge is 0.305 e. The minimum atomic E-state index is -0.878. The molecule has 1 N–H and O–H groups in total. The first kappa shape index (κ1) is 16.8. The Morgan fingerprint density at radius 1 is 0.833 bits per heavy atom. The third-order valence-electron chi connectivity index (χ3n) is 1.74. The molecule has 0 bridgehead atoms. The normalized spacial score (nSPS) is 10.3. The van der Waals surface area contributed by atoms with Crippen LogP contribution in [0.2, 0.25) is 0 Å². The molecule has 18 heavy (non-hydrogen) atoms. The first-order valence-electron chi connectivity index (χ1n) is 5.71. The molecule has 0 aromatic rings. The highest BCUT2D eigenvalue weighted by molar-refractivity contribution is 5.66. The molecule has 0 aliphatic rings. The van der Waals surface area contributed by atoms with E-state index in [1.807, 2.05) is 0 Å². The lowest BCUT2D eigenvalue weighted by atomic mass is 10.5. The van der Waals surface area contributed by atoms with Crippen molar-refractivity contribution in [1.82, 2.24) is 0 Å². The molecule has 7 nitrogen and oxygen atoms in total. The minimum absolute atomic E-state index is 0.000734. The van der Waals surface area contributed by atoms with E-state index in [1.165, 1.54) is 6.92 Å². The van der Waals surface area contributed by atoms with Crippen molar-refractivity contribution in [2.45, 2.75) is 13.3 Å². The molecule has 0 aliphatic heterocycles. The summed E-state index contributed by atoms with van der Waals surface area (Å²) in [6.07, 6.45) is -0.000734. The van der Waals surface area contributed by atoms with Crippen LogP contribution in [0.3, 0.4) is 0 Å². The van der Waals surface area contributed by atoms with E-state index >= 15 is 0 Å². The van der Waals surface area contributed by atoms with Crippen molar-refractivity contribution < 1.29 is 33.6 Å². The number of aliphatic carboxylic acids is 1. The zero-order valence-corrected chi connectivity index (χ0v) is 10.6. The van der Waals surface area contributed by atoms with Gasteiger partial charge in [0.1, 0.15) is 6.61 Å². The Morgan fingerprint density at radius 3 is 1.72 bits per heavy atom. The maximum atomic E-state index is 10.4. The van der Waals surface area contributed by atoms with Crippen LogP contribution in [-0.2, 0) is 28.5 Å². The summed E-state index contributed by atoms with van der Waals surface area (Å²) in [6, 6.07) is 0. The Kier molecular flexibility index (Phi) is 11.5. The molecule has 0 atom stereocenters. The molecular weight excluding hydrogens is 244 g/mol. The van der Waals surface area contributed by atoms with Crippen LogP contribution in [-0.4, -0.2) is 63.3 Å². The lowest BCUT2D eigenvalue weighted by Gasteiger charge is -2.06. The number of esters is 1. The lowest BCUT2D eigenvalue weighted by molar-refractivity contribution is -0.142. The van der Waals surface area contributed by atoms with Crippen LogP contribution in [0.4, 0.5) is 0 Å². The number of ether oxygens (including phenoxy) is 4. The van der Waals surface area contributed by atoms with Crippen LogP contribution >= 0.6 is 0 Å². The third-order valence-corrected chi connectivity index (χ3v) is 1.74. The van der Waals surface area contributed by atoms with Gasteiger partial charge in [-0.1, -0.05) is 0 Å². The molecule has 0 heterocycles. The molecular formula is C11H20O7. The van der Waals surface area contributed by atoms with E-state index < -0.39 is 5.97 Å². The van der Waals surface area contributed by atoms with E-state index in [-0.39, 0.29) is 25.6 Å². The molecule has 0 rings (SSSR count). The Hall–Kier alpha value is -1.18. The maximum absolute atomic E-state index is 10.4. The summed E-state index contributed by atoms with van der Waals surface area (Å²) in [5, 5.41) is 8.33. The number of carbonyl (C=O) groups excluding carboxylic acids is 1. The molecule has 0 spiro atoms. The third kappa shape index (κ3) is 14.8. The first-order chi connectivity index (χ1) is 8.63. The van der Waals surface area contributed by atoms with Gasteiger partial charge in [0, 0.05) is 6.92 Å². The second-order valence-corrected chi connectivity index (χ2v) is 3.32. The van der Waals surface area contributed by atoms with Crippen LogP contribution < -0.4 is 0 Å². The Morgan fingerprint density at radius 2 is 1.28 bits per heavy atom. The standard InChI is InChI=1S/C11H20O7/c1-10(12)18-9-8-17-7-6-16-5-4-15-3-2-11(13)14/h2-9H2,1H3,(H,13,14). The predicted molar refractivity (Wildman–Crippen MR) is 61.3 cm³/mol. The van der Waals surface area contributed by atoms with Crippen molar-refractivity contribution in [2.75, 3.05) is 46.2 Å². The van der Waals surface area contributed by atoms with Gasteiger partial charge in [0.2, 0.25) is 0 Å². The molecule has 7 heteroatoms. The highest BCUT2D eigenvalue weighted by Crippen LogP contribution is 1.85. The monoisotopic (exact) mass is 264 g/mol. The number of carbonyl (C=O) groups is 2. The summed E-state index contributed by atoms with van der Waals surface area (Å²) >= 11 is 0. The van der Waals surface area contributed by atoms with Gasteiger partial charge >= 0.3 is 11.9 Å². The minimum Gasteiger partial charge on any atom is -0.481 e. The van der Waals surface area contributed by atoms with Crippen LogP contribution in [0.1, 0.15) is 13.3 Å². The van der Waals surface area contributed by atoms with Gasteiger partial charge in [-0.2, -0.15) is 0 Å². The summed E-state index contributed by atoms with van der Waals surface area (Å²) in [4.78, 5) is 20.5. The fourth-order valence-corrected chi connectivity index (χ4v) is 0.946. The Bertz CT molecular complexity index is 205. The summed E-state index contributed by atoms with van der Waals surface area (Å²) in [7, 11) is 0. The van der Waals surface area contributed by atoms with Gasteiger partial charge in [-0.3, -0.25) is 9.59 Å².